The fourth-order valence-electron chi connectivity index (χ4n) is 3.19. The van der Waals surface area contributed by atoms with E-state index in [-0.39, 0.29) is 12.1 Å². The molecule has 0 bridgehead atoms. The van der Waals surface area contributed by atoms with Gasteiger partial charge in [-0.3, -0.25) is 4.98 Å². The predicted octanol–water partition coefficient (Wildman–Crippen LogP) is 6.15. The van der Waals surface area contributed by atoms with Crippen molar-refractivity contribution in [1.82, 2.24) is 10.3 Å². The minimum atomic E-state index is -0.00166. The maximum Gasteiger partial charge on any atom is 0.174 e. The molecular weight excluding hydrogens is 494 g/mol. The van der Waals surface area contributed by atoms with Crippen molar-refractivity contribution in [2.24, 2.45) is 0 Å². The number of hydrogen-bond acceptors (Lipinski definition) is 3. The molecule has 7 heteroatoms. The van der Waals surface area contributed by atoms with Gasteiger partial charge >= 0.3 is 0 Å². The second kappa shape index (κ2) is 7.38. The predicted molar refractivity (Wildman–Crippen MR) is 119 cm³/mol. The highest BCUT2D eigenvalue weighted by Crippen LogP contribution is 2.44. The maximum absolute atomic E-state index is 5.73. The normalized spacial score (nSPS) is 19.7. The van der Waals surface area contributed by atoms with E-state index >= 15 is 0 Å². The lowest BCUT2D eigenvalue weighted by molar-refractivity contribution is 0.575. The average Bonchev–Trinajstić information content (AvgIpc) is 3.21. The number of nitrogens with one attached hydrogen (secondary N) is 1. The van der Waals surface area contributed by atoms with Crippen LogP contribution in [-0.2, 0) is 0 Å². The van der Waals surface area contributed by atoms with Crippen LogP contribution in [0.3, 0.4) is 0 Å². The number of aromatic nitrogens is 1. The highest BCUT2D eigenvalue weighted by atomic mass is 79.9. The van der Waals surface area contributed by atoms with Crippen molar-refractivity contribution in [2.75, 3.05) is 4.90 Å². The monoisotopic (exact) mass is 507 g/mol. The molecule has 26 heavy (non-hydrogen) atoms. The smallest absolute Gasteiger partial charge is 0.174 e. The van der Waals surface area contributed by atoms with E-state index in [1.165, 1.54) is 10.4 Å². The number of aryl methyl sites for hydroxylation is 1. The molecule has 0 unspecified atom stereocenters. The van der Waals surface area contributed by atoms with Crippen molar-refractivity contribution < 1.29 is 0 Å². The first-order valence-electron chi connectivity index (χ1n) is 8.06. The Hall–Kier alpha value is -1.28. The van der Waals surface area contributed by atoms with Crippen LogP contribution in [0.4, 0.5) is 5.69 Å². The molecule has 0 aliphatic carbocycles. The second-order valence-corrected chi connectivity index (χ2v) is 9.81. The largest absolute Gasteiger partial charge is 0.351 e. The van der Waals surface area contributed by atoms with Crippen LogP contribution in [0.5, 0.6) is 0 Å². The Kier molecular flexibility index (Phi) is 5.14. The second-order valence-electron chi connectivity index (χ2n) is 6.07. The summed E-state index contributed by atoms with van der Waals surface area (Å²) in [6, 6.07) is 16.6. The number of thiocarbonyl (C=S) groups is 1. The lowest BCUT2D eigenvalue weighted by Gasteiger charge is -2.27. The third kappa shape index (κ3) is 3.33. The third-order valence-corrected chi connectivity index (χ3v) is 7.30. The van der Waals surface area contributed by atoms with E-state index in [1.807, 2.05) is 24.4 Å². The van der Waals surface area contributed by atoms with Gasteiger partial charge in [0.25, 0.3) is 0 Å². The lowest BCUT2D eigenvalue weighted by Crippen LogP contribution is -2.29. The van der Waals surface area contributed by atoms with Crippen LogP contribution in [0.1, 0.15) is 28.2 Å². The van der Waals surface area contributed by atoms with Gasteiger partial charge < -0.3 is 10.2 Å². The van der Waals surface area contributed by atoms with Crippen molar-refractivity contribution in [3.63, 3.8) is 0 Å². The molecule has 3 heterocycles. The van der Waals surface area contributed by atoms with Gasteiger partial charge in [-0.15, -0.1) is 11.3 Å². The Labute approximate surface area is 178 Å². The number of halogens is 2. The molecule has 132 valence electrons. The fraction of sp³-hybridized carbons (Fsp3) is 0.158. The Bertz CT molecular complexity index is 958. The number of hydrogen-bond donors (Lipinski definition) is 1. The molecule has 4 rings (SSSR count). The number of thiophene rings is 1. The van der Waals surface area contributed by atoms with Crippen LogP contribution in [0.25, 0.3) is 0 Å². The molecule has 1 aliphatic heterocycles. The number of pyridine rings is 1. The standard InChI is InChI=1S/C19H15Br2N3S2/c1-11-10-12(5-6-13(11)20)24-18(15-7-8-16(21)26-15)17(23-19(24)25)14-4-2-3-9-22-14/h2-10,17-18H,1H3,(H,23,25)/t17-,18-/m1/s1. The summed E-state index contributed by atoms with van der Waals surface area (Å²) >= 11 is 14.6. The molecule has 2 atom stereocenters. The van der Waals surface area contributed by atoms with E-state index in [1.54, 1.807) is 11.3 Å². The van der Waals surface area contributed by atoms with Gasteiger partial charge in [-0.1, -0.05) is 22.0 Å². The van der Waals surface area contributed by atoms with E-state index in [0.29, 0.717) is 0 Å². The molecular formula is C19H15Br2N3S2. The molecule has 0 spiro atoms. The summed E-state index contributed by atoms with van der Waals surface area (Å²) in [5.41, 5.74) is 3.24. The number of anilines is 1. The van der Waals surface area contributed by atoms with Gasteiger partial charge in [0.1, 0.15) is 0 Å². The Balaban J connectivity index is 1.83. The molecule has 2 aromatic heterocycles. The van der Waals surface area contributed by atoms with Gasteiger partial charge in [0, 0.05) is 21.2 Å². The van der Waals surface area contributed by atoms with Crippen molar-refractivity contribution in [3.05, 3.63) is 79.1 Å². The molecule has 1 fully saturated rings. The summed E-state index contributed by atoms with van der Waals surface area (Å²) in [6.45, 7) is 2.09. The molecule has 1 saturated heterocycles. The minimum absolute atomic E-state index is 0.00166. The molecule has 0 radical (unpaired) electrons. The van der Waals surface area contributed by atoms with Crippen molar-refractivity contribution in [1.29, 1.82) is 0 Å². The SMILES string of the molecule is Cc1cc(N2C(=S)N[C@H](c3ccccn3)[C@H]2c2ccc(Br)s2)ccc1Br. The van der Waals surface area contributed by atoms with Crippen LogP contribution in [0, 0.1) is 6.92 Å². The third-order valence-electron chi connectivity index (χ3n) is 4.40. The summed E-state index contributed by atoms with van der Waals surface area (Å²) in [7, 11) is 0. The Morgan fingerprint density at radius 1 is 1.15 bits per heavy atom. The van der Waals surface area contributed by atoms with E-state index < -0.39 is 0 Å². The fourth-order valence-corrected chi connectivity index (χ4v) is 5.33. The summed E-state index contributed by atoms with van der Waals surface area (Å²) in [5, 5.41) is 4.20. The van der Waals surface area contributed by atoms with Gasteiger partial charge in [-0.05, 0) is 83.1 Å². The zero-order valence-electron chi connectivity index (χ0n) is 13.8. The van der Waals surface area contributed by atoms with Gasteiger partial charge in [0.15, 0.2) is 5.11 Å². The Morgan fingerprint density at radius 3 is 2.65 bits per heavy atom. The van der Waals surface area contributed by atoms with E-state index in [0.717, 1.165) is 24.8 Å². The van der Waals surface area contributed by atoms with Gasteiger partial charge in [0.2, 0.25) is 0 Å². The van der Waals surface area contributed by atoms with Crippen LogP contribution in [-0.4, -0.2) is 10.1 Å². The van der Waals surface area contributed by atoms with E-state index in [4.69, 9.17) is 12.2 Å². The van der Waals surface area contributed by atoms with Crippen LogP contribution < -0.4 is 10.2 Å². The maximum atomic E-state index is 5.73. The summed E-state index contributed by atoms with van der Waals surface area (Å²) in [6.07, 6.45) is 1.83. The summed E-state index contributed by atoms with van der Waals surface area (Å²) < 4.78 is 2.20. The zero-order valence-corrected chi connectivity index (χ0v) is 18.6. The van der Waals surface area contributed by atoms with E-state index in [2.05, 4.69) is 84.3 Å². The molecule has 3 aromatic rings. The number of benzene rings is 1. The topological polar surface area (TPSA) is 28.2 Å². The van der Waals surface area contributed by atoms with Crippen molar-refractivity contribution in [2.45, 2.75) is 19.0 Å². The zero-order chi connectivity index (χ0) is 18.3. The van der Waals surface area contributed by atoms with E-state index in [9.17, 15) is 0 Å². The van der Waals surface area contributed by atoms with Gasteiger partial charge in [-0.25, -0.2) is 0 Å². The Morgan fingerprint density at radius 2 is 2.00 bits per heavy atom. The number of nitrogens with zero attached hydrogens (tertiary/aromatic N) is 2. The molecule has 1 aliphatic rings. The molecule has 0 amide bonds. The highest BCUT2D eigenvalue weighted by molar-refractivity contribution is 9.11. The summed E-state index contributed by atoms with van der Waals surface area (Å²) in [5.74, 6) is 0. The molecule has 0 saturated carbocycles. The van der Waals surface area contributed by atoms with Crippen molar-refractivity contribution in [3.8, 4) is 0 Å². The van der Waals surface area contributed by atoms with Crippen LogP contribution >= 0.6 is 55.4 Å². The minimum Gasteiger partial charge on any atom is -0.351 e. The first kappa shape index (κ1) is 18.1. The van der Waals surface area contributed by atoms with Crippen molar-refractivity contribution >= 4 is 66.2 Å². The van der Waals surface area contributed by atoms with Crippen LogP contribution in [0.15, 0.2) is 63.0 Å². The highest BCUT2D eigenvalue weighted by Gasteiger charge is 2.41. The van der Waals surface area contributed by atoms with Crippen LogP contribution in [0.2, 0.25) is 0 Å². The molecule has 1 aromatic carbocycles. The quantitative estimate of drug-likeness (QED) is 0.429. The lowest BCUT2D eigenvalue weighted by atomic mass is 10.0. The first-order chi connectivity index (χ1) is 12.5. The van der Waals surface area contributed by atoms with Gasteiger partial charge in [-0.2, -0.15) is 0 Å². The first-order valence-corrected chi connectivity index (χ1v) is 10.9. The molecule has 3 nitrogen and oxygen atoms in total. The average molecular weight is 509 g/mol. The van der Waals surface area contributed by atoms with Gasteiger partial charge in [0.05, 0.1) is 21.6 Å². The summed E-state index contributed by atoms with van der Waals surface area (Å²) in [4.78, 5) is 8.01. The number of rotatable bonds is 3. The molecule has 1 N–H and O–H groups in total.